The summed E-state index contributed by atoms with van der Waals surface area (Å²) in [5.41, 5.74) is 10.6. The van der Waals surface area contributed by atoms with E-state index in [1.807, 2.05) is 90.1 Å². The number of carbonyl (C=O) groups is 5. The van der Waals surface area contributed by atoms with Crippen LogP contribution >= 0.6 is 0 Å². The van der Waals surface area contributed by atoms with Gasteiger partial charge in [0.25, 0.3) is 5.91 Å². The Kier molecular flexibility index (Phi) is 13.8. The first-order chi connectivity index (χ1) is 30.7. The molecule has 16 nitrogen and oxygen atoms in total. The first-order valence-electron chi connectivity index (χ1n) is 21.0. The zero-order valence-corrected chi connectivity index (χ0v) is 38.4. The molecular weight excluding hydrogens is 829 g/mol. The van der Waals surface area contributed by atoms with Crippen LogP contribution in [-0.4, -0.2) is 69.1 Å². The van der Waals surface area contributed by atoms with Crippen LogP contribution in [0.2, 0.25) is 0 Å². The average molecular weight is 885 g/mol. The molecule has 16 heteroatoms. The minimum absolute atomic E-state index is 0.0562. The van der Waals surface area contributed by atoms with Crippen molar-refractivity contribution in [3.8, 4) is 0 Å². The van der Waals surface area contributed by atoms with Crippen molar-refractivity contribution in [2.45, 2.75) is 91.6 Å². The Labute approximate surface area is 378 Å². The number of pyridine rings is 2. The molecular formula is C49H56N8O8. The number of hydrogen-bond donors (Lipinski definition) is 5. The smallest absolute Gasteiger partial charge is 0.338 e. The van der Waals surface area contributed by atoms with Crippen LogP contribution in [0.4, 0.5) is 21.0 Å². The van der Waals surface area contributed by atoms with Crippen LogP contribution in [0.15, 0.2) is 91.3 Å². The van der Waals surface area contributed by atoms with Gasteiger partial charge in [0, 0.05) is 42.1 Å². The van der Waals surface area contributed by atoms with Gasteiger partial charge in [0.05, 0.1) is 60.2 Å². The molecule has 0 unspecified atom stereocenters. The molecule has 0 aliphatic carbocycles. The zero-order chi connectivity index (χ0) is 47.4. The third-order valence-corrected chi connectivity index (χ3v) is 12.2. The molecule has 5 amide bonds. The SMILES string of the molecule is COC(=O)c1cccc2c1CN(C(=O)Nc1ccc(C)nc1)C2(C)C.COC(=O)c1cccc2c1CNC2(C)C.Cc1ccc(NC(=O)N2Cc3c(C(=O)NO)cccc3C2(C)C)cn1. The number of rotatable bonds is 5. The number of hydrogen-bond acceptors (Lipinski definition) is 11. The normalized spacial score (nSPS) is 15.4. The summed E-state index contributed by atoms with van der Waals surface area (Å²) in [6, 6.07) is 23.3. The van der Waals surface area contributed by atoms with Crippen molar-refractivity contribution in [2.75, 3.05) is 24.9 Å². The molecule has 0 spiro atoms. The molecule has 0 saturated carbocycles. The average Bonchev–Trinajstić information content (AvgIpc) is 3.88. The molecule has 3 aliphatic rings. The number of aryl methyl sites for hydroxylation is 2. The molecule has 5 aromatic rings. The molecule has 0 fully saturated rings. The van der Waals surface area contributed by atoms with Crippen molar-refractivity contribution >= 4 is 41.3 Å². The lowest BCUT2D eigenvalue weighted by atomic mass is 9.91. The zero-order valence-electron chi connectivity index (χ0n) is 38.4. The van der Waals surface area contributed by atoms with Gasteiger partial charge in [0.2, 0.25) is 0 Å². The maximum Gasteiger partial charge on any atom is 0.338 e. The monoisotopic (exact) mass is 884 g/mol. The third-order valence-electron chi connectivity index (χ3n) is 12.2. The predicted molar refractivity (Wildman–Crippen MR) is 244 cm³/mol. The van der Waals surface area contributed by atoms with Gasteiger partial charge in [-0.2, -0.15) is 0 Å². The Balaban J connectivity index is 0.000000167. The lowest BCUT2D eigenvalue weighted by molar-refractivity contribution is 0.0590. The van der Waals surface area contributed by atoms with Gasteiger partial charge in [0.15, 0.2) is 0 Å². The van der Waals surface area contributed by atoms with Gasteiger partial charge in [-0.25, -0.2) is 24.7 Å². The number of urea groups is 2. The van der Waals surface area contributed by atoms with E-state index in [9.17, 15) is 24.0 Å². The summed E-state index contributed by atoms with van der Waals surface area (Å²) in [5.74, 6) is -1.23. The molecule has 5 heterocycles. The number of benzene rings is 3. The number of anilines is 2. The molecule has 0 atom stereocenters. The summed E-state index contributed by atoms with van der Waals surface area (Å²) in [4.78, 5) is 72.8. The maximum absolute atomic E-state index is 12.8. The van der Waals surface area contributed by atoms with E-state index < -0.39 is 23.0 Å². The fourth-order valence-electron chi connectivity index (χ4n) is 8.42. The second-order valence-electron chi connectivity index (χ2n) is 17.4. The Bertz CT molecular complexity index is 2490. The fraction of sp³-hybridized carbons (Fsp3) is 0.327. The van der Waals surface area contributed by atoms with E-state index in [2.05, 4.69) is 45.8 Å². The van der Waals surface area contributed by atoms with Gasteiger partial charge in [-0.3, -0.25) is 20.0 Å². The third kappa shape index (κ3) is 9.68. The number of aromatic nitrogens is 2. The standard InChI is InChI=1S/C19H21N3O3.C18H20N4O3.C12H15NO2/c1-12-8-9-13(10-20-12)21-18(24)22-11-15-14(17(23)25-4)6-5-7-16(15)19(22,2)3;1-11-7-8-12(9-19-11)20-17(24)22-10-14-13(16(23)21-25)5-4-6-15(14)18(22,2)3;1-12(2)10-6-4-5-8(11(14)15-3)9(10)7-13-12/h5-10H,11H2,1-4H3,(H,21,24);4-9,25H,10H2,1-3H3,(H,20,24)(H,21,23);4-6,13H,7H2,1-3H3. The quantitative estimate of drug-likeness (QED) is 0.0649. The summed E-state index contributed by atoms with van der Waals surface area (Å²) < 4.78 is 9.63. The fourth-order valence-corrected chi connectivity index (χ4v) is 8.42. The van der Waals surface area contributed by atoms with Crippen molar-refractivity contribution in [2.24, 2.45) is 0 Å². The maximum atomic E-state index is 12.8. The molecule has 0 bridgehead atoms. The Morgan fingerprint density at radius 3 is 1.43 bits per heavy atom. The highest BCUT2D eigenvalue weighted by Gasteiger charge is 2.43. The highest BCUT2D eigenvalue weighted by molar-refractivity contribution is 5.97. The van der Waals surface area contributed by atoms with Gasteiger partial charge in [-0.1, -0.05) is 36.4 Å². The number of nitrogens with zero attached hydrogens (tertiary/aromatic N) is 4. The number of nitrogens with one attached hydrogen (secondary N) is 4. The molecule has 65 heavy (non-hydrogen) atoms. The van der Waals surface area contributed by atoms with E-state index >= 15 is 0 Å². The second kappa shape index (κ2) is 18.9. The number of hydroxylamine groups is 1. The summed E-state index contributed by atoms with van der Waals surface area (Å²) in [6.07, 6.45) is 3.23. The molecule has 3 aliphatic heterocycles. The molecule has 0 saturated heterocycles. The summed E-state index contributed by atoms with van der Waals surface area (Å²) >= 11 is 0. The Hall–Kier alpha value is -7.17. The number of methoxy groups -OCH3 is 2. The topological polar surface area (TPSA) is 204 Å². The first kappa shape index (κ1) is 47.3. The summed E-state index contributed by atoms with van der Waals surface area (Å²) in [5, 5.41) is 18.0. The van der Waals surface area contributed by atoms with Crippen molar-refractivity contribution in [3.05, 3.63) is 153 Å². The van der Waals surface area contributed by atoms with Crippen LogP contribution in [0.25, 0.3) is 0 Å². The van der Waals surface area contributed by atoms with E-state index in [1.165, 1.54) is 19.8 Å². The lowest BCUT2D eigenvalue weighted by Gasteiger charge is -2.32. The van der Waals surface area contributed by atoms with Crippen LogP contribution in [0.1, 0.15) is 117 Å². The number of amides is 5. The van der Waals surface area contributed by atoms with Crippen LogP contribution in [-0.2, 0) is 45.7 Å². The molecule has 8 rings (SSSR count). The molecule has 3 aromatic carbocycles. The van der Waals surface area contributed by atoms with E-state index in [0.29, 0.717) is 34.6 Å². The second-order valence-corrected chi connectivity index (χ2v) is 17.4. The minimum Gasteiger partial charge on any atom is -0.465 e. The van der Waals surface area contributed by atoms with Crippen molar-refractivity contribution in [1.29, 1.82) is 0 Å². The molecule has 2 aromatic heterocycles. The Morgan fingerprint density at radius 1 is 0.600 bits per heavy atom. The predicted octanol–water partition coefficient (Wildman–Crippen LogP) is 8.06. The van der Waals surface area contributed by atoms with E-state index in [-0.39, 0.29) is 30.1 Å². The van der Waals surface area contributed by atoms with Gasteiger partial charge >= 0.3 is 24.0 Å². The molecule has 5 N–H and O–H groups in total. The number of fused-ring (bicyclic) bond motifs is 3. The van der Waals surface area contributed by atoms with Crippen LogP contribution in [0.3, 0.4) is 0 Å². The van der Waals surface area contributed by atoms with E-state index in [4.69, 9.17) is 14.7 Å². The largest absolute Gasteiger partial charge is 0.465 e. The summed E-state index contributed by atoms with van der Waals surface area (Å²) in [6.45, 7) is 17.1. The van der Waals surface area contributed by atoms with Gasteiger partial charge in [-0.05, 0) is 131 Å². The van der Waals surface area contributed by atoms with E-state index in [1.54, 1.807) is 51.9 Å². The molecule has 0 radical (unpaired) electrons. The van der Waals surface area contributed by atoms with Crippen LogP contribution in [0.5, 0.6) is 0 Å². The summed E-state index contributed by atoms with van der Waals surface area (Å²) in [7, 11) is 2.77. The first-order valence-corrected chi connectivity index (χ1v) is 21.0. The lowest BCUT2D eigenvalue weighted by Crippen LogP contribution is -2.42. The van der Waals surface area contributed by atoms with Gasteiger partial charge < -0.3 is 35.2 Å². The number of ether oxygens (including phenoxy) is 2. The Morgan fingerprint density at radius 2 is 1.02 bits per heavy atom. The van der Waals surface area contributed by atoms with Gasteiger partial charge in [0.1, 0.15) is 0 Å². The number of esters is 2. The highest BCUT2D eigenvalue weighted by atomic mass is 16.5. The van der Waals surface area contributed by atoms with Crippen molar-refractivity contribution < 1.29 is 38.7 Å². The van der Waals surface area contributed by atoms with Crippen LogP contribution < -0.4 is 21.4 Å². The van der Waals surface area contributed by atoms with Crippen molar-refractivity contribution in [1.82, 2.24) is 30.6 Å². The van der Waals surface area contributed by atoms with E-state index in [0.717, 1.165) is 45.7 Å². The molecule has 340 valence electrons. The highest BCUT2D eigenvalue weighted by Crippen LogP contribution is 2.42. The minimum atomic E-state index is -0.594. The van der Waals surface area contributed by atoms with Gasteiger partial charge in [-0.15, -0.1) is 0 Å². The number of carbonyl (C=O) groups excluding carboxylic acids is 5. The van der Waals surface area contributed by atoms with Crippen molar-refractivity contribution in [3.63, 3.8) is 0 Å². The van der Waals surface area contributed by atoms with Crippen LogP contribution in [0, 0.1) is 13.8 Å².